The molecule has 0 radical (unpaired) electrons. The second-order valence-corrected chi connectivity index (χ2v) is 4.85. The van der Waals surface area contributed by atoms with Gasteiger partial charge >= 0.3 is 0 Å². The zero-order chi connectivity index (χ0) is 13.1. The molecule has 1 nitrogen and oxygen atoms in total. The minimum Gasteiger partial charge on any atom is -0.308 e. The lowest BCUT2D eigenvalue weighted by molar-refractivity contribution is 0.353. The first kappa shape index (κ1) is 14.0. The minimum absolute atomic E-state index is 0.146. The van der Waals surface area contributed by atoms with Crippen LogP contribution in [0.3, 0.4) is 0 Å². The molecule has 1 rings (SSSR count). The van der Waals surface area contributed by atoms with Crippen molar-refractivity contribution >= 4 is 0 Å². The van der Waals surface area contributed by atoms with Crippen LogP contribution in [-0.4, -0.2) is 5.54 Å². The van der Waals surface area contributed by atoms with Crippen LogP contribution >= 0.6 is 0 Å². The summed E-state index contributed by atoms with van der Waals surface area (Å²) >= 11 is 0. The summed E-state index contributed by atoms with van der Waals surface area (Å²) in [5, 5.41) is 3.13. The molecule has 0 aliphatic carbocycles. The first-order valence-electron chi connectivity index (χ1n) is 5.74. The molecule has 1 aromatic rings. The number of halogens is 3. The van der Waals surface area contributed by atoms with E-state index in [2.05, 4.69) is 12.2 Å². The maximum absolute atomic E-state index is 13.3. The first-order valence-corrected chi connectivity index (χ1v) is 5.74. The predicted molar refractivity (Wildman–Crippen MR) is 62.1 cm³/mol. The third kappa shape index (κ3) is 4.04. The Kier molecular flexibility index (Phi) is 4.57. The lowest BCUT2D eigenvalue weighted by Crippen LogP contribution is -2.38. The van der Waals surface area contributed by atoms with E-state index in [1.807, 2.05) is 13.8 Å². The van der Waals surface area contributed by atoms with Crippen molar-refractivity contribution < 1.29 is 13.2 Å². The molecule has 1 N–H and O–H groups in total. The van der Waals surface area contributed by atoms with Gasteiger partial charge in [0.1, 0.15) is 5.82 Å². The summed E-state index contributed by atoms with van der Waals surface area (Å²) in [4.78, 5) is 0. The van der Waals surface area contributed by atoms with E-state index in [1.165, 1.54) is 0 Å². The molecule has 0 amide bonds. The normalized spacial score (nSPS) is 11.9. The predicted octanol–water partition coefficient (Wildman–Crippen LogP) is 3.77. The smallest absolute Gasteiger partial charge is 0.161 e. The second-order valence-electron chi connectivity index (χ2n) is 4.85. The molecule has 0 atom stereocenters. The molecule has 0 saturated carbocycles. The van der Waals surface area contributed by atoms with Gasteiger partial charge in [-0.25, -0.2) is 13.2 Å². The van der Waals surface area contributed by atoms with Gasteiger partial charge in [-0.3, -0.25) is 0 Å². The van der Waals surface area contributed by atoms with Crippen LogP contribution in [0.15, 0.2) is 12.1 Å². The second kappa shape index (κ2) is 5.54. The summed E-state index contributed by atoms with van der Waals surface area (Å²) in [5.41, 5.74) is -0.000405. The van der Waals surface area contributed by atoms with Gasteiger partial charge in [0.2, 0.25) is 0 Å². The van der Waals surface area contributed by atoms with Crippen molar-refractivity contribution in [2.24, 2.45) is 0 Å². The van der Waals surface area contributed by atoms with Crippen LogP contribution in [-0.2, 0) is 6.54 Å². The van der Waals surface area contributed by atoms with E-state index < -0.39 is 17.5 Å². The molecule has 0 aliphatic rings. The van der Waals surface area contributed by atoms with Crippen molar-refractivity contribution in [1.82, 2.24) is 5.32 Å². The molecule has 0 bridgehead atoms. The molecule has 0 aromatic heterocycles. The van der Waals surface area contributed by atoms with Gasteiger partial charge in [-0.15, -0.1) is 0 Å². The molecule has 0 saturated heterocycles. The average Bonchev–Trinajstić information content (AvgIpc) is 2.21. The topological polar surface area (TPSA) is 12.0 Å². The van der Waals surface area contributed by atoms with E-state index >= 15 is 0 Å². The van der Waals surface area contributed by atoms with Gasteiger partial charge in [0.15, 0.2) is 11.6 Å². The molecular formula is C13H18F3N. The number of hydrogen-bond acceptors (Lipinski definition) is 1. The Balaban J connectivity index is 2.73. The minimum atomic E-state index is -1.15. The van der Waals surface area contributed by atoms with Gasteiger partial charge in [0, 0.05) is 23.7 Å². The van der Waals surface area contributed by atoms with Gasteiger partial charge in [-0.2, -0.15) is 0 Å². The zero-order valence-electron chi connectivity index (χ0n) is 10.4. The molecule has 1 aromatic carbocycles. The molecule has 0 heterocycles. The summed E-state index contributed by atoms with van der Waals surface area (Å²) in [6.45, 7) is 6.24. The van der Waals surface area contributed by atoms with Gasteiger partial charge in [-0.1, -0.05) is 13.3 Å². The Bertz CT molecular complexity index is 388. The summed E-state index contributed by atoms with van der Waals surface area (Å²) in [6, 6.07) is 1.48. The van der Waals surface area contributed by atoms with Crippen LogP contribution in [0.1, 0.15) is 39.2 Å². The van der Waals surface area contributed by atoms with Crippen LogP contribution in [0, 0.1) is 17.5 Å². The fraction of sp³-hybridized carbons (Fsp3) is 0.538. The molecular weight excluding hydrogens is 227 g/mol. The van der Waals surface area contributed by atoms with Crippen molar-refractivity contribution in [2.75, 3.05) is 0 Å². The summed E-state index contributed by atoms with van der Waals surface area (Å²) in [6.07, 6.45) is 1.93. The first-order chi connectivity index (χ1) is 7.85. The standard InChI is InChI=1S/C13H18F3N/c1-4-5-13(2,3)17-8-9-6-11(15)12(16)7-10(9)14/h6-7,17H,4-5,8H2,1-3H3. The highest BCUT2D eigenvalue weighted by atomic mass is 19.2. The van der Waals surface area contributed by atoms with Crippen molar-refractivity contribution in [2.45, 2.75) is 45.7 Å². The summed E-state index contributed by atoms with van der Waals surface area (Å²) < 4.78 is 39.0. The van der Waals surface area contributed by atoms with Gasteiger partial charge < -0.3 is 5.32 Å². The maximum atomic E-state index is 13.3. The SMILES string of the molecule is CCCC(C)(C)NCc1cc(F)c(F)cc1F. The molecule has 0 aliphatic heterocycles. The van der Waals surface area contributed by atoms with E-state index in [1.54, 1.807) is 0 Å². The summed E-state index contributed by atoms with van der Waals surface area (Å²) in [5.74, 6) is -2.89. The molecule has 96 valence electrons. The highest BCUT2D eigenvalue weighted by Crippen LogP contribution is 2.16. The molecule has 0 fully saturated rings. The van der Waals surface area contributed by atoms with Crippen LogP contribution in [0.5, 0.6) is 0 Å². The number of hydrogen-bond donors (Lipinski definition) is 1. The Hall–Kier alpha value is -1.03. The third-order valence-corrected chi connectivity index (χ3v) is 2.72. The Labute approximate surface area is 100 Å². The van der Waals surface area contributed by atoms with Crippen molar-refractivity contribution in [3.8, 4) is 0 Å². The maximum Gasteiger partial charge on any atom is 0.161 e. The Morgan fingerprint density at radius 3 is 2.24 bits per heavy atom. The van der Waals surface area contributed by atoms with E-state index in [4.69, 9.17) is 0 Å². The number of nitrogens with one attached hydrogen (secondary N) is 1. The lowest BCUT2D eigenvalue weighted by Gasteiger charge is -2.26. The van der Waals surface area contributed by atoms with Crippen LogP contribution < -0.4 is 5.32 Å². The average molecular weight is 245 g/mol. The highest BCUT2D eigenvalue weighted by Gasteiger charge is 2.17. The van der Waals surface area contributed by atoms with Crippen molar-refractivity contribution in [1.29, 1.82) is 0 Å². The van der Waals surface area contributed by atoms with Crippen molar-refractivity contribution in [3.05, 3.63) is 35.1 Å². The molecule has 17 heavy (non-hydrogen) atoms. The fourth-order valence-corrected chi connectivity index (χ4v) is 1.75. The van der Waals surface area contributed by atoms with Crippen LogP contribution in [0.4, 0.5) is 13.2 Å². The van der Waals surface area contributed by atoms with E-state index in [9.17, 15) is 13.2 Å². The molecule has 0 unspecified atom stereocenters. The van der Waals surface area contributed by atoms with Crippen molar-refractivity contribution in [3.63, 3.8) is 0 Å². The van der Waals surface area contributed by atoms with Crippen LogP contribution in [0.2, 0.25) is 0 Å². The quantitative estimate of drug-likeness (QED) is 0.778. The Morgan fingerprint density at radius 2 is 1.65 bits per heavy atom. The highest BCUT2D eigenvalue weighted by molar-refractivity contribution is 5.20. The van der Waals surface area contributed by atoms with E-state index in [-0.39, 0.29) is 17.6 Å². The van der Waals surface area contributed by atoms with Crippen LogP contribution in [0.25, 0.3) is 0 Å². The monoisotopic (exact) mass is 245 g/mol. The molecule has 0 spiro atoms. The largest absolute Gasteiger partial charge is 0.308 e. The fourth-order valence-electron chi connectivity index (χ4n) is 1.75. The Morgan fingerprint density at radius 1 is 1.06 bits per heavy atom. The number of rotatable bonds is 5. The summed E-state index contributed by atoms with van der Waals surface area (Å²) in [7, 11) is 0. The van der Waals surface area contributed by atoms with E-state index in [0.29, 0.717) is 6.07 Å². The molecule has 4 heteroatoms. The van der Waals surface area contributed by atoms with Gasteiger partial charge in [-0.05, 0) is 26.3 Å². The van der Waals surface area contributed by atoms with Gasteiger partial charge in [0.05, 0.1) is 0 Å². The van der Waals surface area contributed by atoms with Gasteiger partial charge in [0.25, 0.3) is 0 Å². The van der Waals surface area contributed by atoms with E-state index in [0.717, 1.165) is 18.9 Å². The zero-order valence-corrected chi connectivity index (χ0v) is 10.4. The third-order valence-electron chi connectivity index (χ3n) is 2.72. The lowest BCUT2D eigenvalue weighted by atomic mass is 9.98. The number of benzene rings is 1.